The number of rotatable bonds is 3. The van der Waals surface area contributed by atoms with Crippen LogP contribution >= 0.6 is 0 Å². The summed E-state index contributed by atoms with van der Waals surface area (Å²) in [7, 11) is -4.13. The minimum Gasteiger partial charge on any atom is -0.379 e. The van der Waals surface area contributed by atoms with Crippen LogP contribution in [0.2, 0.25) is 0 Å². The number of β-amino-alcohol motifs (C(OH)–C–C–N with tert-alkyl or cyclic N) is 1. The van der Waals surface area contributed by atoms with Crippen LogP contribution in [0.1, 0.15) is 24.7 Å². The Morgan fingerprint density at radius 2 is 1.95 bits per heavy atom. The summed E-state index contributed by atoms with van der Waals surface area (Å²) in [6.07, 6.45) is -5.54. The van der Waals surface area contributed by atoms with Crippen LogP contribution in [0.4, 0.5) is 13.2 Å². The molecule has 22 heavy (non-hydrogen) atoms. The topological polar surface area (TPSA) is 75.4 Å². The Hall–Kier alpha value is -1.13. The average molecular weight is 341 g/mol. The first-order valence-electron chi connectivity index (χ1n) is 6.77. The second kappa shape index (κ2) is 5.20. The third-order valence-electron chi connectivity index (χ3n) is 3.95. The van der Waals surface area contributed by atoms with E-state index in [-0.39, 0.29) is 17.1 Å². The zero-order valence-corrected chi connectivity index (χ0v) is 13.3. The van der Waals surface area contributed by atoms with Crippen molar-refractivity contribution >= 4 is 10.0 Å². The Bertz CT molecular complexity index is 684. The summed E-state index contributed by atoms with van der Waals surface area (Å²) >= 11 is 0. The van der Waals surface area contributed by atoms with Crippen molar-refractivity contribution in [3.8, 4) is 0 Å². The highest BCUT2D eigenvalue weighted by molar-refractivity contribution is 7.89. The van der Waals surface area contributed by atoms with E-state index in [0.29, 0.717) is 16.5 Å². The number of aliphatic hydroxyl groups is 1. The highest BCUT2D eigenvalue weighted by atomic mass is 32.2. The molecule has 2 heterocycles. The first-order valence-corrected chi connectivity index (χ1v) is 8.21. The van der Waals surface area contributed by atoms with Gasteiger partial charge in [-0.3, -0.25) is 4.68 Å². The van der Waals surface area contributed by atoms with Crippen LogP contribution in [0.5, 0.6) is 0 Å². The first kappa shape index (κ1) is 17.2. The molecule has 1 fully saturated rings. The van der Waals surface area contributed by atoms with E-state index in [4.69, 9.17) is 0 Å². The SMILES string of the molecule is CCn1nc(C)c(S(=O)(=O)N2CCC(O)(C(F)(F)F)C2)c1C. The molecular weight excluding hydrogens is 323 g/mol. The van der Waals surface area contributed by atoms with Crippen molar-refractivity contribution in [3.05, 3.63) is 11.4 Å². The van der Waals surface area contributed by atoms with E-state index >= 15 is 0 Å². The molecule has 2 rings (SSSR count). The van der Waals surface area contributed by atoms with Crippen molar-refractivity contribution in [2.45, 2.75) is 50.4 Å². The molecule has 0 radical (unpaired) electrons. The summed E-state index contributed by atoms with van der Waals surface area (Å²) in [5, 5.41) is 13.7. The first-order chi connectivity index (χ1) is 9.94. The highest BCUT2D eigenvalue weighted by Gasteiger charge is 2.59. The van der Waals surface area contributed by atoms with Gasteiger partial charge in [0.15, 0.2) is 5.60 Å². The summed E-state index contributed by atoms with van der Waals surface area (Å²) in [5.74, 6) is 0. The van der Waals surface area contributed by atoms with Gasteiger partial charge in [-0.1, -0.05) is 0 Å². The Morgan fingerprint density at radius 1 is 1.36 bits per heavy atom. The molecule has 1 aliphatic heterocycles. The Balaban J connectivity index is 2.40. The molecule has 1 aliphatic rings. The maximum atomic E-state index is 12.8. The average Bonchev–Trinajstić information content (AvgIpc) is 2.91. The van der Waals surface area contributed by atoms with Gasteiger partial charge in [-0.25, -0.2) is 8.42 Å². The third kappa shape index (κ3) is 2.52. The van der Waals surface area contributed by atoms with Crippen molar-refractivity contribution in [3.63, 3.8) is 0 Å². The van der Waals surface area contributed by atoms with Gasteiger partial charge in [-0.05, 0) is 20.8 Å². The van der Waals surface area contributed by atoms with Gasteiger partial charge in [0.1, 0.15) is 4.90 Å². The maximum Gasteiger partial charge on any atom is 0.418 e. The van der Waals surface area contributed by atoms with Crippen LogP contribution in [0.15, 0.2) is 4.90 Å². The molecule has 0 aliphatic carbocycles. The molecule has 6 nitrogen and oxygen atoms in total. The second-order valence-electron chi connectivity index (χ2n) is 5.43. The number of alkyl halides is 3. The molecule has 1 saturated heterocycles. The molecule has 1 N–H and O–H groups in total. The molecule has 126 valence electrons. The number of aromatic nitrogens is 2. The lowest BCUT2D eigenvalue weighted by Crippen LogP contribution is -2.48. The summed E-state index contributed by atoms with van der Waals surface area (Å²) in [4.78, 5) is -0.0826. The zero-order chi connectivity index (χ0) is 16.9. The van der Waals surface area contributed by atoms with Crippen molar-refractivity contribution < 1.29 is 26.7 Å². The van der Waals surface area contributed by atoms with Crippen LogP contribution in [0.3, 0.4) is 0 Å². The summed E-state index contributed by atoms with van der Waals surface area (Å²) in [6.45, 7) is 3.92. The molecule has 1 unspecified atom stereocenters. The van der Waals surface area contributed by atoms with Crippen molar-refractivity contribution in [1.82, 2.24) is 14.1 Å². The van der Waals surface area contributed by atoms with E-state index in [1.165, 1.54) is 11.6 Å². The van der Waals surface area contributed by atoms with Gasteiger partial charge in [-0.15, -0.1) is 0 Å². The van der Waals surface area contributed by atoms with Gasteiger partial charge < -0.3 is 5.11 Å². The Labute approximate surface area is 126 Å². The number of hydrogen-bond acceptors (Lipinski definition) is 4. The zero-order valence-electron chi connectivity index (χ0n) is 12.5. The van der Waals surface area contributed by atoms with E-state index in [1.807, 2.05) is 0 Å². The molecule has 1 aromatic heterocycles. The van der Waals surface area contributed by atoms with Crippen LogP contribution in [-0.4, -0.2) is 52.5 Å². The molecule has 0 bridgehead atoms. The van der Waals surface area contributed by atoms with Crippen LogP contribution < -0.4 is 0 Å². The lowest BCUT2D eigenvalue weighted by Gasteiger charge is -2.25. The summed E-state index contributed by atoms with van der Waals surface area (Å²) in [6, 6.07) is 0. The minimum absolute atomic E-state index is 0.0826. The Kier molecular flexibility index (Phi) is 4.08. The summed E-state index contributed by atoms with van der Waals surface area (Å²) < 4.78 is 65.9. The Morgan fingerprint density at radius 3 is 2.36 bits per heavy atom. The van der Waals surface area contributed by atoms with Crippen molar-refractivity contribution in [2.24, 2.45) is 0 Å². The molecule has 1 atom stereocenters. The van der Waals surface area contributed by atoms with E-state index in [0.717, 1.165) is 0 Å². The van der Waals surface area contributed by atoms with Gasteiger partial charge in [0.2, 0.25) is 10.0 Å². The largest absolute Gasteiger partial charge is 0.418 e. The van der Waals surface area contributed by atoms with Gasteiger partial charge in [0.25, 0.3) is 0 Å². The van der Waals surface area contributed by atoms with Crippen LogP contribution in [0, 0.1) is 13.8 Å². The molecule has 1 aromatic rings. The number of aryl methyl sites for hydroxylation is 2. The monoisotopic (exact) mass is 341 g/mol. The quantitative estimate of drug-likeness (QED) is 0.897. The summed E-state index contributed by atoms with van der Waals surface area (Å²) in [5.41, 5.74) is -2.38. The third-order valence-corrected chi connectivity index (χ3v) is 6.05. The lowest BCUT2D eigenvalue weighted by atomic mass is 10.0. The number of halogens is 3. The van der Waals surface area contributed by atoms with Gasteiger partial charge in [-0.2, -0.15) is 22.6 Å². The standard InChI is InChI=1S/C12H18F3N3O3S/c1-4-18-9(3)10(8(2)16-18)22(20,21)17-6-5-11(19,7-17)12(13,14)15/h19H,4-7H2,1-3H3. The molecule has 10 heteroatoms. The van der Waals surface area contributed by atoms with Gasteiger partial charge >= 0.3 is 6.18 Å². The van der Waals surface area contributed by atoms with E-state index in [9.17, 15) is 26.7 Å². The minimum atomic E-state index is -4.87. The van der Waals surface area contributed by atoms with E-state index < -0.39 is 34.8 Å². The lowest BCUT2D eigenvalue weighted by molar-refractivity contribution is -0.252. The predicted molar refractivity (Wildman–Crippen MR) is 71.8 cm³/mol. The van der Waals surface area contributed by atoms with Crippen LogP contribution in [-0.2, 0) is 16.6 Å². The fraction of sp³-hybridized carbons (Fsp3) is 0.750. The van der Waals surface area contributed by atoms with Gasteiger partial charge in [0.05, 0.1) is 17.9 Å². The number of sulfonamides is 1. The second-order valence-corrected chi connectivity index (χ2v) is 7.31. The maximum absolute atomic E-state index is 12.8. The fourth-order valence-electron chi connectivity index (χ4n) is 2.69. The number of nitrogens with zero attached hydrogens (tertiary/aromatic N) is 3. The van der Waals surface area contributed by atoms with Gasteiger partial charge in [0, 0.05) is 19.5 Å². The fourth-order valence-corrected chi connectivity index (χ4v) is 4.55. The molecule has 0 aromatic carbocycles. The van der Waals surface area contributed by atoms with Crippen molar-refractivity contribution in [1.29, 1.82) is 0 Å². The molecule has 0 saturated carbocycles. The molecule has 0 spiro atoms. The van der Waals surface area contributed by atoms with Crippen LogP contribution in [0.25, 0.3) is 0 Å². The van der Waals surface area contributed by atoms with Crippen molar-refractivity contribution in [2.75, 3.05) is 13.1 Å². The van der Waals surface area contributed by atoms with E-state index in [1.54, 1.807) is 13.8 Å². The molecule has 0 amide bonds. The smallest absolute Gasteiger partial charge is 0.379 e. The molecular formula is C12H18F3N3O3S. The normalized spacial score (nSPS) is 24.1. The highest BCUT2D eigenvalue weighted by Crippen LogP contribution is 2.39. The number of hydrogen-bond donors (Lipinski definition) is 1. The predicted octanol–water partition coefficient (Wildman–Crippen LogP) is 1.21. The van der Waals surface area contributed by atoms with E-state index in [2.05, 4.69) is 5.10 Å².